The van der Waals surface area contributed by atoms with Crippen LogP contribution in [0.25, 0.3) is 0 Å². The lowest BCUT2D eigenvalue weighted by Gasteiger charge is -2.06. The highest BCUT2D eigenvalue weighted by molar-refractivity contribution is 7.92. The number of nitrogen functional groups attached to an aromatic ring is 1. The minimum Gasteiger partial charge on any atom is -0.469 e. The summed E-state index contributed by atoms with van der Waals surface area (Å²) in [5, 5.41) is 0. The van der Waals surface area contributed by atoms with Gasteiger partial charge in [-0.3, -0.25) is 9.52 Å². The Morgan fingerprint density at radius 1 is 1.50 bits per heavy atom. The first-order chi connectivity index (χ1) is 8.43. The number of nitrogens with two attached hydrogens (primary N) is 1. The van der Waals surface area contributed by atoms with Gasteiger partial charge in [-0.1, -0.05) is 0 Å². The van der Waals surface area contributed by atoms with Gasteiger partial charge in [0.2, 0.25) is 10.0 Å². The maximum atomic E-state index is 11.6. The van der Waals surface area contributed by atoms with Gasteiger partial charge in [-0.05, 0) is 18.6 Å². The third-order valence-electron chi connectivity index (χ3n) is 2.07. The summed E-state index contributed by atoms with van der Waals surface area (Å²) in [5.41, 5.74) is 5.88. The van der Waals surface area contributed by atoms with Crippen molar-refractivity contribution in [2.75, 3.05) is 23.3 Å². The van der Waals surface area contributed by atoms with Crippen molar-refractivity contribution >= 4 is 27.5 Å². The smallest absolute Gasteiger partial charge is 0.305 e. The Hall–Kier alpha value is -1.83. The number of rotatable bonds is 6. The van der Waals surface area contributed by atoms with E-state index < -0.39 is 16.0 Å². The van der Waals surface area contributed by atoms with Gasteiger partial charge in [-0.25, -0.2) is 13.4 Å². The Bertz CT molecular complexity index is 498. The minimum atomic E-state index is -3.51. The molecule has 1 aromatic rings. The molecule has 7 nitrogen and oxygen atoms in total. The molecule has 0 atom stereocenters. The van der Waals surface area contributed by atoms with Gasteiger partial charge >= 0.3 is 5.97 Å². The first kappa shape index (κ1) is 14.2. The summed E-state index contributed by atoms with van der Waals surface area (Å²) in [6, 6.07) is 3.01. The Morgan fingerprint density at radius 3 is 2.78 bits per heavy atom. The van der Waals surface area contributed by atoms with E-state index >= 15 is 0 Å². The number of methoxy groups -OCH3 is 1. The molecule has 3 N–H and O–H groups in total. The monoisotopic (exact) mass is 273 g/mol. The molecule has 0 bridgehead atoms. The second kappa shape index (κ2) is 6.20. The number of esters is 1. The summed E-state index contributed by atoms with van der Waals surface area (Å²) in [6.45, 7) is 0. The van der Waals surface area contributed by atoms with E-state index in [0.717, 1.165) is 0 Å². The van der Waals surface area contributed by atoms with E-state index in [4.69, 9.17) is 5.73 Å². The molecular weight excluding hydrogens is 258 g/mol. The van der Waals surface area contributed by atoms with Crippen LogP contribution < -0.4 is 10.5 Å². The van der Waals surface area contributed by atoms with Crippen LogP contribution in [0.15, 0.2) is 18.3 Å². The number of sulfonamides is 1. The van der Waals surface area contributed by atoms with Crippen LogP contribution in [-0.4, -0.2) is 32.2 Å². The summed E-state index contributed by atoms with van der Waals surface area (Å²) >= 11 is 0. The highest BCUT2D eigenvalue weighted by Crippen LogP contribution is 2.09. The number of nitrogens with one attached hydrogen (secondary N) is 1. The summed E-state index contributed by atoms with van der Waals surface area (Å²) < 4.78 is 29.9. The first-order valence-corrected chi connectivity index (χ1v) is 6.87. The van der Waals surface area contributed by atoms with E-state index in [1.54, 1.807) is 6.07 Å². The zero-order chi connectivity index (χ0) is 13.6. The maximum absolute atomic E-state index is 11.6. The normalized spacial score (nSPS) is 10.9. The molecule has 0 aliphatic heterocycles. The Kier molecular flexibility index (Phi) is 4.90. The summed E-state index contributed by atoms with van der Waals surface area (Å²) in [5.74, 6) is -0.410. The maximum Gasteiger partial charge on any atom is 0.305 e. The lowest BCUT2D eigenvalue weighted by molar-refractivity contribution is -0.140. The lowest BCUT2D eigenvalue weighted by Crippen LogP contribution is -2.18. The zero-order valence-electron chi connectivity index (χ0n) is 9.92. The molecule has 1 aromatic heterocycles. The number of nitrogens with zero attached hydrogens (tertiary/aromatic N) is 1. The van der Waals surface area contributed by atoms with Crippen LogP contribution in [-0.2, 0) is 19.6 Å². The molecule has 18 heavy (non-hydrogen) atoms. The van der Waals surface area contributed by atoms with E-state index in [1.165, 1.54) is 19.4 Å². The summed E-state index contributed by atoms with van der Waals surface area (Å²) in [6.07, 6.45) is 1.61. The van der Waals surface area contributed by atoms with Gasteiger partial charge < -0.3 is 10.5 Å². The topological polar surface area (TPSA) is 111 Å². The second-order valence-corrected chi connectivity index (χ2v) is 5.42. The number of hydrogen-bond donors (Lipinski definition) is 2. The van der Waals surface area contributed by atoms with Crippen molar-refractivity contribution in [2.24, 2.45) is 0 Å². The fraction of sp³-hybridized carbons (Fsp3) is 0.400. The molecule has 1 heterocycles. The molecule has 0 radical (unpaired) electrons. The number of ether oxygens (including phenoxy) is 1. The van der Waals surface area contributed by atoms with Crippen LogP contribution in [0.4, 0.5) is 11.5 Å². The predicted molar refractivity (Wildman–Crippen MR) is 67.3 cm³/mol. The molecule has 1 rings (SSSR count). The van der Waals surface area contributed by atoms with Crippen LogP contribution in [0, 0.1) is 0 Å². The molecule has 0 amide bonds. The number of pyridine rings is 1. The van der Waals surface area contributed by atoms with Crippen molar-refractivity contribution in [1.29, 1.82) is 0 Å². The van der Waals surface area contributed by atoms with Crippen molar-refractivity contribution in [1.82, 2.24) is 4.98 Å². The molecule has 0 saturated carbocycles. The Labute approximate surface area is 105 Å². The molecule has 8 heteroatoms. The van der Waals surface area contributed by atoms with Crippen LogP contribution >= 0.6 is 0 Å². The fourth-order valence-electron chi connectivity index (χ4n) is 1.18. The number of aromatic nitrogens is 1. The molecule has 0 aliphatic rings. The number of carbonyl (C=O) groups is 1. The third kappa shape index (κ3) is 5.00. The van der Waals surface area contributed by atoms with E-state index in [0.29, 0.717) is 5.69 Å². The predicted octanol–water partition coefficient (Wildman–Crippen LogP) is 0.359. The van der Waals surface area contributed by atoms with Gasteiger partial charge in [0.25, 0.3) is 0 Å². The van der Waals surface area contributed by atoms with E-state index in [2.05, 4.69) is 14.4 Å². The standard InChI is InChI=1S/C10H15N3O4S/c1-17-10(14)3-2-6-18(15,16)13-9-5-4-8(11)7-12-9/h4-5,7H,2-3,6,11H2,1H3,(H,12,13). The second-order valence-electron chi connectivity index (χ2n) is 3.58. The molecule has 0 fully saturated rings. The molecule has 0 saturated heterocycles. The zero-order valence-corrected chi connectivity index (χ0v) is 10.7. The summed E-state index contributed by atoms with van der Waals surface area (Å²) in [4.78, 5) is 14.6. The molecular formula is C10H15N3O4S. The van der Waals surface area contributed by atoms with Crippen molar-refractivity contribution in [3.63, 3.8) is 0 Å². The first-order valence-electron chi connectivity index (χ1n) is 5.22. The largest absolute Gasteiger partial charge is 0.469 e. The fourth-order valence-corrected chi connectivity index (χ4v) is 2.25. The summed E-state index contributed by atoms with van der Waals surface area (Å²) in [7, 11) is -2.26. The number of hydrogen-bond acceptors (Lipinski definition) is 6. The SMILES string of the molecule is COC(=O)CCCS(=O)(=O)Nc1ccc(N)cn1. The minimum absolute atomic E-state index is 0.0621. The molecule has 100 valence electrons. The highest BCUT2D eigenvalue weighted by Gasteiger charge is 2.12. The van der Waals surface area contributed by atoms with Crippen LogP contribution in [0.2, 0.25) is 0 Å². The van der Waals surface area contributed by atoms with Crippen LogP contribution in [0.5, 0.6) is 0 Å². The van der Waals surface area contributed by atoms with Gasteiger partial charge in [0, 0.05) is 6.42 Å². The van der Waals surface area contributed by atoms with E-state index in [9.17, 15) is 13.2 Å². The lowest BCUT2D eigenvalue weighted by atomic mass is 10.3. The average molecular weight is 273 g/mol. The molecule has 0 aromatic carbocycles. The van der Waals surface area contributed by atoms with E-state index in [1.807, 2.05) is 0 Å². The van der Waals surface area contributed by atoms with Crippen molar-refractivity contribution < 1.29 is 17.9 Å². The number of anilines is 2. The van der Waals surface area contributed by atoms with Gasteiger partial charge in [-0.2, -0.15) is 0 Å². The van der Waals surface area contributed by atoms with Crippen molar-refractivity contribution in [2.45, 2.75) is 12.8 Å². The van der Waals surface area contributed by atoms with Gasteiger partial charge in [-0.15, -0.1) is 0 Å². The average Bonchev–Trinajstić information content (AvgIpc) is 2.31. The molecule has 0 unspecified atom stereocenters. The quantitative estimate of drug-likeness (QED) is 0.724. The number of carbonyl (C=O) groups excluding carboxylic acids is 1. The van der Waals surface area contributed by atoms with Gasteiger partial charge in [0.05, 0.1) is 24.7 Å². The highest BCUT2D eigenvalue weighted by atomic mass is 32.2. The van der Waals surface area contributed by atoms with Crippen molar-refractivity contribution in [3.8, 4) is 0 Å². The van der Waals surface area contributed by atoms with Crippen LogP contribution in [0.3, 0.4) is 0 Å². The third-order valence-corrected chi connectivity index (χ3v) is 3.41. The molecule has 0 aliphatic carbocycles. The Morgan fingerprint density at radius 2 is 2.22 bits per heavy atom. The van der Waals surface area contributed by atoms with Gasteiger partial charge in [0.1, 0.15) is 5.82 Å². The van der Waals surface area contributed by atoms with Crippen molar-refractivity contribution in [3.05, 3.63) is 18.3 Å². The Balaban J connectivity index is 2.49. The molecule has 0 spiro atoms. The van der Waals surface area contributed by atoms with Gasteiger partial charge in [0.15, 0.2) is 0 Å². The van der Waals surface area contributed by atoms with E-state index in [-0.39, 0.29) is 24.4 Å². The van der Waals surface area contributed by atoms with Crippen LogP contribution in [0.1, 0.15) is 12.8 Å².